The summed E-state index contributed by atoms with van der Waals surface area (Å²) in [7, 11) is 3.50. The molecule has 21 heavy (non-hydrogen) atoms. The number of carbonyl (C=O) groups excluding carboxylic acids is 1. The molecule has 0 unspecified atom stereocenters. The number of nitrogens with zero attached hydrogens (tertiary/aromatic N) is 2. The van der Waals surface area contributed by atoms with Crippen LogP contribution in [0.3, 0.4) is 0 Å². The fourth-order valence-corrected chi connectivity index (χ4v) is 3.59. The Hall–Kier alpha value is -1.36. The van der Waals surface area contributed by atoms with Crippen molar-refractivity contribution >= 4 is 29.0 Å². The van der Waals surface area contributed by atoms with Gasteiger partial charge in [0.2, 0.25) is 0 Å². The molecule has 1 aliphatic rings. The van der Waals surface area contributed by atoms with Crippen LogP contribution >= 0.6 is 11.8 Å². The highest BCUT2D eigenvalue weighted by Gasteiger charge is 2.24. The lowest BCUT2D eigenvalue weighted by atomic mass is 10.1. The van der Waals surface area contributed by atoms with E-state index < -0.39 is 0 Å². The van der Waals surface area contributed by atoms with Crippen molar-refractivity contribution in [3.63, 3.8) is 0 Å². The van der Waals surface area contributed by atoms with Gasteiger partial charge < -0.3 is 15.5 Å². The van der Waals surface area contributed by atoms with Crippen LogP contribution in [0.5, 0.6) is 0 Å². The van der Waals surface area contributed by atoms with Gasteiger partial charge in [-0.2, -0.15) is 11.8 Å². The van der Waals surface area contributed by atoms with E-state index in [4.69, 9.17) is 5.73 Å². The summed E-state index contributed by atoms with van der Waals surface area (Å²) in [4.78, 5) is 15.9. The SMILES string of the molecule is CN(C)C(=O)c1ccc(N2CCSC(C)(C)CC2)c(N)c1. The number of carbonyl (C=O) groups is 1. The average Bonchev–Trinajstić information content (AvgIpc) is 2.58. The van der Waals surface area contributed by atoms with Gasteiger partial charge in [0.15, 0.2) is 0 Å². The minimum Gasteiger partial charge on any atom is -0.397 e. The van der Waals surface area contributed by atoms with Crippen molar-refractivity contribution < 1.29 is 4.79 Å². The maximum atomic E-state index is 12.0. The van der Waals surface area contributed by atoms with Crippen molar-refractivity contribution in [2.24, 2.45) is 0 Å². The Balaban J connectivity index is 2.19. The topological polar surface area (TPSA) is 49.6 Å². The molecule has 1 amide bonds. The van der Waals surface area contributed by atoms with Crippen molar-refractivity contribution in [3.05, 3.63) is 23.8 Å². The third-order valence-corrected chi connectivity index (χ3v) is 5.23. The first-order chi connectivity index (χ1) is 9.80. The van der Waals surface area contributed by atoms with E-state index in [1.54, 1.807) is 25.1 Å². The summed E-state index contributed by atoms with van der Waals surface area (Å²) in [6, 6.07) is 5.65. The lowest BCUT2D eigenvalue weighted by molar-refractivity contribution is 0.0827. The van der Waals surface area contributed by atoms with E-state index in [-0.39, 0.29) is 5.91 Å². The molecule has 1 saturated heterocycles. The molecule has 2 N–H and O–H groups in total. The van der Waals surface area contributed by atoms with Crippen LogP contribution in [0.25, 0.3) is 0 Å². The van der Waals surface area contributed by atoms with Gasteiger partial charge >= 0.3 is 0 Å². The molecule has 0 aliphatic carbocycles. The molecule has 0 saturated carbocycles. The standard InChI is InChI=1S/C16H25N3OS/c1-16(2)7-8-19(9-10-21-16)14-6-5-12(11-13(14)17)15(20)18(3)4/h5-6,11H,7-10,17H2,1-4H3. The summed E-state index contributed by atoms with van der Waals surface area (Å²) in [6.45, 7) is 6.59. The Labute approximate surface area is 131 Å². The second-order valence-electron chi connectivity index (χ2n) is 6.32. The van der Waals surface area contributed by atoms with Gasteiger partial charge in [0.25, 0.3) is 5.91 Å². The van der Waals surface area contributed by atoms with Gasteiger partial charge in [-0.1, -0.05) is 13.8 Å². The molecular weight excluding hydrogens is 282 g/mol. The van der Waals surface area contributed by atoms with Crippen LogP contribution in [0.1, 0.15) is 30.6 Å². The van der Waals surface area contributed by atoms with Crippen molar-refractivity contribution in [3.8, 4) is 0 Å². The number of benzene rings is 1. The summed E-state index contributed by atoms with van der Waals surface area (Å²) >= 11 is 2.01. The lowest BCUT2D eigenvalue weighted by Crippen LogP contribution is -2.28. The number of hydrogen-bond acceptors (Lipinski definition) is 4. The zero-order chi connectivity index (χ0) is 15.6. The van der Waals surface area contributed by atoms with Gasteiger partial charge in [0, 0.05) is 43.2 Å². The van der Waals surface area contributed by atoms with Gasteiger partial charge in [-0.3, -0.25) is 4.79 Å². The Kier molecular flexibility index (Phi) is 4.71. The third kappa shape index (κ3) is 3.84. The largest absolute Gasteiger partial charge is 0.397 e. The number of nitrogens with two attached hydrogens (primary N) is 1. The van der Waals surface area contributed by atoms with Crippen LogP contribution in [0.2, 0.25) is 0 Å². The van der Waals surface area contributed by atoms with E-state index in [2.05, 4.69) is 18.7 Å². The fourth-order valence-electron chi connectivity index (χ4n) is 2.49. The smallest absolute Gasteiger partial charge is 0.253 e. The minimum absolute atomic E-state index is 0.0131. The lowest BCUT2D eigenvalue weighted by Gasteiger charge is -2.25. The first-order valence-corrected chi connectivity index (χ1v) is 8.29. The Morgan fingerprint density at radius 3 is 2.67 bits per heavy atom. The second-order valence-corrected chi connectivity index (χ2v) is 8.12. The maximum absolute atomic E-state index is 12.0. The summed E-state index contributed by atoms with van der Waals surface area (Å²) in [5.74, 6) is 1.09. The Morgan fingerprint density at radius 2 is 2.05 bits per heavy atom. The zero-order valence-electron chi connectivity index (χ0n) is 13.3. The minimum atomic E-state index is -0.0131. The molecule has 5 heteroatoms. The van der Waals surface area contributed by atoms with Gasteiger partial charge in [0.1, 0.15) is 0 Å². The molecule has 1 heterocycles. The van der Waals surface area contributed by atoms with Crippen LogP contribution in [-0.2, 0) is 0 Å². The van der Waals surface area contributed by atoms with E-state index >= 15 is 0 Å². The van der Waals surface area contributed by atoms with Crippen molar-refractivity contribution in [1.82, 2.24) is 4.90 Å². The van der Waals surface area contributed by atoms with Crippen LogP contribution < -0.4 is 10.6 Å². The number of hydrogen-bond donors (Lipinski definition) is 1. The molecule has 116 valence electrons. The monoisotopic (exact) mass is 307 g/mol. The molecular formula is C16H25N3OS. The number of anilines is 2. The highest BCUT2D eigenvalue weighted by molar-refractivity contribution is 8.00. The van der Waals surface area contributed by atoms with Crippen molar-refractivity contribution in [2.75, 3.05) is 43.6 Å². The summed E-state index contributed by atoms with van der Waals surface area (Å²) < 4.78 is 0.324. The number of rotatable bonds is 2. The van der Waals surface area contributed by atoms with Crippen LogP contribution in [0.4, 0.5) is 11.4 Å². The molecule has 0 bridgehead atoms. The fraction of sp³-hybridized carbons (Fsp3) is 0.562. The quantitative estimate of drug-likeness (QED) is 0.854. The third-order valence-electron chi connectivity index (χ3n) is 3.86. The van der Waals surface area contributed by atoms with Crippen LogP contribution in [-0.4, -0.2) is 48.5 Å². The predicted molar refractivity (Wildman–Crippen MR) is 92.2 cm³/mol. The Morgan fingerprint density at radius 1 is 1.33 bits per heavy atom. The molecule has 0 radical (unpaired) electrons. The van der Waals surface area contributed by atoms with Gasteiger partial charge in [0.05, 0.1) is 11.4 Å². The molecule has 1 aromatic carbocycles. The molecule has 0 aromatic heterocycles. The number of nitrogen functional groups attached to an aromatic ring is 1. The summed E-state index contributed by atoms with van der Waals surface area (Å²) in [5, 5.41) is 0. The summed E-state index contributed by atoms with van der Waals surface area (Å²) in [6.07, 6.45) is 1.13. The molecule has 4 nitrogen and oxygen atoms in total. The van der Waals surface area contributed by atoms with Gasteiger partial charge in [-0.05, 0) is 24.6 Å². The van der Waals surface area contributed by atoms with E-state index in [1.807, 2.05) is 23.9 Å². The van der Waals surface area contributed by atoms with Crippen molar-refractivity contribution in [1.29, 1.82) is 0 Å². The summed E-state index contributed by atoms with van der Waals surface area (Å²) in [5.41, 5.74) is 8.57. The number of thioether (sulfide) groups is 1. The van der Waals surface area contributed by atoms with Gasteiger partial charge in [-0.15, -0.1) is 0 Å². The highest BCUT2D eigenvalue weighted by atomic mass is 32.2. The van der Waals surface area contributed by atoms with E-state index in [0.717, 1.165) is 31.0 Å². The zero-order valence-corrected chi connectivity index (χ0v) is 14.2. The normalized spacial score (nSPS) is 18.2. The second kappa shape index (κ2) is 6.18. The molecule has 0 spiro atoms. The van der Waals surface area contributed by atoms with E-state index in [0.29, 0.717) is 16.0 Å². The van der Waals surface area contributed by atoms with E-state index in [1.165, 1.54) is 0 Å². The van der Waals surface area contributed by atoms with Crippen LogP contribution in [0, 0.1) is 0 Å². The van der Waals surface area contributed by atoms with Gasteiger partial charge in [-0.25, -0.2) is 0 Å². The molecule has 1 aromatic rings. The number of amides is 1. The first-order valence-electron chi connectivity index (χ1n) is 7.30. The Bertz CT molecular complexity index is 528. The molecule has 1 fully saturated rings. The average molecular weight is 307 g/mol. The predicted octanol–water partition coefficient (Wildman–Crippen LogP) is 2.69. The maximum Gasteiger partial charge on any atom is 0.253 e. The first kappa shape index (κ1) is 16.0. The molecule has 1 aliphatic heterocycles. The van der Waals surface area contributed by atoms with Crippen molar-refractivity contribution in [2.45, 2.75) is 25.0 Å². The van der Waals surface area contributed by atoms with Crippen LogP contribution in [0.15, 0.2) is 18.2 Å². The molecule has 2 rings (SSSR count). The highest BCUT2D eigenvalue weighted by Crippen LogP contribution is 2.34. The molecule has 0 atom stereocenters. The van der Waals surface area contributed by atoms with E-state index in [9.17, 15) is 4.79 Å².